The van der Waals surface area contributed by atoms with Crippen molar-refractivity contribution in [2.24, 2.45) is 5.92 Å². The van der Waals surface area contributed by atoms with Crippen molar-refractivity contribution >= 4 is 17.3 Å². The molecule has 0 spiro atoms. The minimum absolute atomic E-state index is 0.191. The summed E-state index contributed by atoms with van der Waals surface area (Å²) in [5, 5.41) is 2.00. The van der Waals surface area contributed by atoms with Crippen molar-refractivity contribution < 1.29 is 14.3 Å². The molecule has 0 bridgehead atoms. The highest BCUT2D eigenvalue weighted by atomic mass is 32.1. The molecule has 1 unspecified atom stereocenters. The highest BCUT2D eigenvalue weighted by Crippen LogP contribution is 2.15. The van der Waals surface area contributed by atoms with Crippen LogP contribution in [0, 0.1) is 5.92 Å². The fourth-order valence-corrected chi connectivity index (χ4v) is 2.04. The average molecular weight is 214 g/mol. The number of thiophene rings is 1. The van der Waals surface area contributed by atoms with Crippen LogP contribution in [0.4, 0.5) is 0 Å². The number of esters is 1. The van der Waals surface area contributed by atoms with Crippen LogP contribution in [0.2, 0.25) is 0 Å². The second-order valence-corrected chi connectivity index (χ2v) is 3.99. The Morgan fingerprint density at radius 2 is 2.36 bits per heavy atom. The smallest absolute Gasteiger partial charge is 0.311 e. The second-order valence-electron chi connectivity index (χ2n) is 2.96. The molecule has 1 heterocycles. The Kier molecular flexibility index (Phi) is 4.62. The van der Waals surface area contributed by atoms with Gasteiger partial charge in [-0.2, -0.15) is 0 Å². The summed E-state index contributed by atoms with van der Waals surface area (Å²) in [5.41, 5.74) is 0. The van der Waals surface area contributed by atoms with Crippen LogP contribution in [0.1, 0.15) is 4.88 Å². The van der Waals surface area contributed by atoms with Crippen molar-refractivity contribution in [1.29, 1.82) is 0 Å². The highest BCUT2D eigenvalue weighted by molar-refractivity contribution is 7.09. The van der Waals surface area contributed by atoms with E-state index in [1.165, 1.54) is 12.0 Å². The van der Waals surface area contributed by atoms with Gasteiger partial charge >= 0.3 is 5.97 Å². The first-order chi connectivity index (χ1) is 6.77. The van der Waals surface area contributed by atoms with Crippen LogP contribution < -0.4 is 0 Å². The van der Waals surface area contributed by atoms with Gasteiger partial charge in [0.05, 0.1) is 19.6 Å². The average Bonchev–Trinajstić information content (AvgIpc) is 2.68. The summed E-state index contributed by atoms with van der Waals surface area (Å²) in [7, 11) is 2.99. The van der Waals surface area contributed by atoms with Gasteiger partial charge in [-0.05, 0) is 17.9 Å². The van der Waals surface area contributed by atoms with Crippen molar-refractivity contribution in [3.8, 4) is 0 Å². The first-order valence-electron chi connectivity index (χ1n) is 4.37. The third-order valence-electron chi connectivity index (χ3n) is 1.93. The van der Waals surface area contributed by atoms with Gasteiger partial charge in [-0.1, -0.05) is 6.07 Å². The fourth-order valence-electron chi connectivity index (χ4n) is 1.25. The van der Waals surface area contributed by atoms with Crippen LogP contribution >= 0.6 is 11.3 Å². The number of hydrogen-bond donors (Lipinski definition) is 0. The van der Waals surface area contributed by atoms with Gasteiger partial charge < -0.3 is 9.47 Å². The molecule has 1 aromatic heterocycles. The zero-order valence-electron chi connectivity index (χ0n) is 8.36. The Labute approximate surface area is 87.7 Å². The van der Waals surface area contributed by atoms with Gasteiger partial charge in [-0.25, -0.2) is 0 Å². The first-order valence-corrected chi connectivity index (χ1v) is 5.25. The lowest BCUT2D eigenvalue weighted by atomic mass is 10.1. The molecule has 1 aromatic rings. The lowest BCUT2D eigenvalue weighted by Crippen LogP contribution is -2.22. The van der Waals surface area contributed by atoms with Crippen LogP contribution in [-0.2, 0) is 20.7 Å². The van der Waals surface area contributed by atoms with E-state index >= 15 is 0 Å². The van der Waals surface area contributed by atoms with Gasteiger partial charge in [0, 0.05) is 12.0 Å². The molecule has 0 N–H and O–H groups in total. The van der Waals surface area contributed by atoms with Crippen LogP contribution in [0.3, 0.4) is 0 Å². The van der Waals surface area contributed by atoms with Crippen molar-refractivity contribution in [1.82, 2.24) is 0 Å². The molecule has 0 aliphatic rings. The number of ether oxygens (including phenoxy) is 2. The molecule has 0 saturated carbocycles. The largest absolute Gasteiger partial charge is 0.469 e. The van der Waals surface area contributed by atoms with Gasteiger partial charge in [-0.3, -0.25) is 4.79 Å². The molecule has 78 valence electrons. The standard InChI is InChI=1S/C10H14O3S/c1-12-7-8(10(11)13-2)6-9-4-3-5-14-9/h3-5,8H,6-7H2,1-2H3. The van der Waals surface area contributed by atoms with E-state index in [1.807, 2.05) is 17.5 Å². The number of rotatable bonds is 5. The SMILES string of the molecule is COCC(Cc1cccs1)C(=O)OC. The lowest BCUT2D eigenvalue weighted by molar-refractivity contribution is -0.147. The number of hydrogen-bond acceptors (Lipinski definition) is 4. The molecule has 0 aliphatic heterocycles. The number of methoxy groups -OCH3 is 2. The highest BCUT2D eigenvalue weighted by Gasteiger charge is 2.19. The molecule has 0 aliphatic carbocycles. The van der Waals surface area contributed by atoms with Crippen molar-refractivity contribution in [2.75, 3.05) is 20.8 Å². The van der Waals surface area contributed by atoms with E-state index in [9.17, 15) is 4.79 Å². The van der Waals surface area contributed by atoms with Crippen molar-refractivity contribution in [3.05, 3.63) is 22.4 Å². The van der Waals surface area contributed by atoms with Crippen molar-refractivity contribution in [3.63, 3.8) is 0 Å². The molecular formula is C10H14O3S. The third-order valence-corrected chi connectivity index (χ3v) is 2.83. The van der Waals surface area contributed by atoms with Gasteiger partial charge in [0.1, 0.15) is 0 Å². The van der Waals surface area contributed by atoms with E-state index in [2.05, 4.69) is 0 Å². The lowest BCUT2D eigenvalue weighted by Gasteiger charge is -2.11. The van der Waals surface area contributed by atoms with Gasteiger partial charge in [0.25, 0.3) is 0 Å². The zero-order valence-corrected chi connectivity index (χ0v) is 9.17. The quantitative estimate of drug-likeness (QED) is 0.700. The molecular weight excluding hydrogens is 200 g/mol. The predicted octanol–water partition coefficient (Wildman–Crippen LogP) is 1.73. The normalized spacial score (nSPS) is 12.4. The zero-order chi connectivity index (χ0) is 10.4. The summed E-state index contributed by atoms with van der Waals surface area (Å²) in [6.45, 7) is 0.407. The summed E-state index contributed by atoms with van der Waals surface area (Å²) < 4.78 is 9.68. The molecule has 3 nitrogen and oxygen atoms in total. The van der Waals surface area contributed by atoms with E-state index in [0.29, 0.717) is 13.0 Å². The van der Waals surface area contributed by atoms with Gasteiger partial charge in [0.15, 0.2) is 0 Å². The van der Waals surface area contributed by atoms with Crippen LogP contribution in [0.15, 0.2) is 17.5 Å². The molecule has 0 fully saturated rings. The van der Waals surface area contributed by atoms with Crippen molar-refractivity contribution in [2.45, 2.75) is 6.42 Å². The molecule has 1 atom stereocenters. The minimum Gasteiger partial charge on any atom is -0.469 e. The Bertz CT molecular complexity index is 269. The van der Waals surface area contributed by atoms with E-state index in [4.69, 9.17) is 9.47 Å². The summed E-state index contributed by atoms with van der Waals surface area (Å²) >= 11 is 1.64. The Hall–Kier alpha value is -0.870. The summed E-state index contributed by atoms with van der Waals surface area (Å²) in [5.74, 6) is -0.399. The second kappa shape index (κ2) is 5.78. The third kappa shape index (κ3) is 3.12. The molecule has 4 heteroatoms. The molecule has 0 saturated heterocycles. The maximum atomic E-state index is 11.3. The Balaban J connectivity index is 2.55. The van der Waals surface area contributed by atoms with E-state index < -0.39 is 0 Å². The molecule has 1 rings (SSSR count). The predicted molar refractivity (Wildman–Crippen MR) is 55.4 cm³/mol. The first kappa shape index (κ1) is 11.2. The number of carbonyl (C=O) groups is 1. The molecule has 0 aromatic carbocycles. The maximum Gasteiger partial charge on any atom is 0.311 e. The van der Waals surface area contributed by atoms with E-state index in [0.717, 1.165) is 0 Å². The summed E-state index contributed by atoms with van der Waals surface area (Å²) in [6.07, 6.45) is 0.693. The van der Waals surface area contributed by atoms with Crippen LogP contribution in [-0.4, -0.2) is 26.8 Å². The summed E-state index contributed by atoms with van der Waals surface area (Å²) in [4.78, 5) is 12.5. The molecule has 0 amide bonds. The number of carbonyl (C=O) groups excluding carboxylic acids is 1. The van der Waals surface area contributed by atoms with Gasteiger partial charge in [0.2, 0.25) is 0 Å². The molecule has 14 heavy (non-hydrogen) atoms. The maximum absolute atomic E-state index is 11.3. The van der Waals surface area contributed by atoms with Gasteiger partial charge in [-0.15, -0.1) is 11.3 Å². The Morgan fingerprint density at radius 1 is 1.57 bits per heavy atom. The molecule has 0 radical (unpaired) electrons. The fraction of sp³-hybridized carbons (Fsp3) is 0.500. The monoisotopic (exact) mass is 214 g/mol. The van der Waals surface area contributed by atoms with Crippen LogP contribution in [0.25, 0.3) is 0 Å². The van der Waals surface area contributed by atoms with E-state index in [1.54, 1.807) is 18.4 Å². The topological polar surface area (TPSA) is 35.5 Å². The van der Waals surface area contributed by atoms with E-state index in [-0.39, 0.29) is 11.9 Å². The summed E-state index contributed by atoms with van der Waals surface area (Å²) in [6, 6.07) is 3.98. The minimum atomic E-state index is -0.208. The Morgan fingerprint density at radius 3 is 2.86 bits per heavy atom. The van der Waals surface area contributed by atoms with Crippen LogP contribution in [0.5, 0.6) is 0 Å².